The molecule has 0 bridgehead atoms. The Hall–Kier alpha value is -4.39. The maximum atomic E-state index is 13.4. The standard InChI is InChI=1S/C25H19N5O2/c31-24(21-15-28-22-6-3-8-27-23(22)25(21)32)19-12-17(14-20-5-1-2-7-26-20)11-18(13-19)16-30-10-4-9-29-30/h1-13,15H,14,16H2,(H,28,32). The third kappa shape index (κ3) is 3.96. The molecule has 0 unspecified atom stereocenters. The molecule has 0 atom stereocenters. The average Bonchev–Trinajstić information content (AvgIpc) is 3.33. The molecule has 7 heteroatoms. The van der Waals surface area contributed by atoms with Gasteiger partial charge in [0.2, 0.25) is 0 Å². The second-order valence-electron chi connectivity index (χ2n) is 7.46. The number of aromatic hydroxyl groups is 1. The van der Waals surface area contributed by atoms with E-state index in [2.05, 4.69) is 20.1 Å². The fourth-order valence-electron chi connectivity index (χ4n) is 3.71. The molecule has 0 spiro atoms. The van der Waals surface area contributed by atoms with Crippen molar-refractivity contribution in [2.75, 3.05) is 0 Å². The lowest BCUT2D eigenvalue weighted by atomic mass is 9.96. The summed E-state index contributed by atoms with van der Waals surface area (Å²) in [7, 11) is 0. The summed E-state index contributed by atoms with van der Waals surface area (Å²) in [5.74, 6) is -0.475. The van der Waals surface area contributed by atoms with Gasteiger partial charge in [0.15, 0.2) is 11.5 Å². The molecular weight excluding hydrogens is 402 g/mol. The highest BCUT2D eigenvalue weighted by atomic mass is 16.3. The van der Waals surface area contributed by atoms with Crippen LogP contribution in [0.1, 0.15) is 32.7 Å². The number of hydrogen-bond donors (Lipinski definition) is 1. The van der Waals surface area contributed by atoms with Crippen molar-refractivity contribution in [1.82, 2.24) is 24.7 Å². The van der Waals surface area contributed by atoms with Crippen molar-refractivity contribution < 1.29 is 9.90 Å². The van der Waals surface area contributed by atoms with Gasteiger partial charge in [0, 0.05) is 48.7 Å². The van der Waals surface area contributed by atoms with Crippen LogP contribution in [0.5, 0.6) is 5.75 Å². The third-order valence-corrected chi connectivity index (χ3v) is 5.17. The van der Waals surface area contributed by atoms with Gasteiger partial charge in [-0.1, -0.05) is 12.1 Å². The molecule has 5 aromatic rings. The Labute approximate surface area is 184 Å². The first-order valence-electron chi connectivity index (χ1n) is 10.1. The normalized spacial score (nSPS) is 11.0. The highest BCUT2D eigenvalue weighted by Gasteiger charge is 2.19. The SMILES string of the molecule is O=C(c1cc(Cc2ccccn2)cc(Cn2cccn2)c1)c1cnc2cccnc2c1O. The van der Waals surface area contributed by atoms with Gasteiger partial charge in [0.25, 0.3) is 0 Å². The van der Waals surface area contributed by atoms with Crippen LogP contribution in [-0.4, -0.2) is 35.6 Å². The van der Waals surface area contributed by atoms with Crippen LogP contribution in [0.3, 0.4) is 0 Å². The average molecular weight is 421 g/mol. The van der Waals surface area contributed by atoms with Crippen LogP contribution in [0.25, 0.3) is 11.0 Å². The number of benzene rings is 1. The molecule has 1 aromatic carbocycles. The van der Waals surface area contributed by atoms with Gasteiger partial charge in [-0.05, 0) is 53.6 Å². The molecule has 0 amide bonds. The molecule has 4 aromatic heterocycles. The number of carbonyl (C=O) groups is 1. The molecule has 5 rings (SSSR count). The van der Waals surface area contributed by atoms with Gasteiger partial charge in [-0.2, -0.15) is 5.10 Å². The zero-order valence-electron chi connectivity index (χ0n) is 17.1. The largest absolute Gasteiger partial charge is 0.505 e. The fourth-order valence-corrected chi connectivity index (χ4v) is 3.71. The molecule has 156 valence electrons. The van der Waals surface area contributed by atoms with E-state index in [1.54, 1.807) is 35.4 Å². The summed E-state index contributed by atoms with van der Waals surface area (Å²) >= 11 is 0. The van der Waals surface area contributed by atoms with Crippen LogP contribution < -0.4 is 0 Å². The Morgan fingerprint density at radius 3 is 2.59 bits per heavy atom. The zero-order valence-corrected chi connectivity index (χ0v) is 17.1. The van der Waals surface area contributed by atoms with Crippen molar-refractivity contribution in [3.8, 4) is 5.75 Å². The monoisotopic (exact) mass is 421 g/mol. The molecule has 0 saturated carbocycles. The van der Waals surface area contributed by atoms with Crippen molar-refractivity contribution in [2.45, 2.75) is 13.0 Å². The van der Waals surface area contributed by atoms with Gasteiger partial charge < -0.3 is 5.11 Å². The van der Waals surface area contributed by atoms with Crippen molar-refractivity contribution in [3.05, 3.63) is 114 Å². The first-order chi connectivity index (χ1) is 15.7. The third-order valence-electron chi connectivity index (χ3n) is 5.17. The van der Waals surface area contributed by atoms with E-state index in [0.29, 0.717) is 29.6 Å². The molecule has 0 saturated heterocycles. The van der Waals surface area contributed by atoms with E-state index in [-0.39, 0.29) is 17.1 Å². The molecule has 0 aliphatic rings. The lowest BCUT2D eigenvalue weighted by molar-refractivity contribution is 0.103. The van der Waals surface area contributed by atoms with Crippen molar-refractivity contribution in [2.24, 2.45) is 0 Å². The number of pyridine rings is 3. The Balaban J connectivity index is 1.56. The number of rotatable bonds is 6. The van der Waals surface area contributed by atoms with Gasteiger partial charge in [-0.15, -0.1) is 0 Å². The van der Waals surface area contributed by atoms with Gasteiger partial charge in [0.05, 0.1) is 17.6 Å². The summed E-state index contributed by atoms with van der Waals surface area (Å²) in [6.45, 7) is 0.521. The number of carbonyl (C=O) groups excluding carboxylic acids is 1. The molecule has 32 heavy (non-hydrogen) atoms. The fraction of sp³-hybridized carbons (Fsp3) is 0.0800. The molecule has 1 N–H and O–H groups in total. The van der Waals surface area contributed by atoms with Crippen LogP contribution in [0, 0.1) is 0 Å². The van der Waals surface area contributed by atoms with E-state index < -0.39 is 0 Å². The number of hydrogen-bond acceptors (Lipinski definition) is 6. The Morgan fingerprint density at radius 1 is 0.906 bits per heavy atom. The summed E-state index contributed by atoms with van der Waals surface area (Å²) < 4.78 is 1.80. The van der Waals surface area contributed by atoms with E-state index in [1.807, 2.05) is 48.7 Å². The highest BCUT2D eigenvalue weighted by Crippen LogP contribution is 2.28. The highest BCUT2D eigenvalue weighted by molar-refractivity contribution is 6.12. The van der Waals surface area contributed by atoms with Crippen LogP contribution in [-0.2, 0) is 13.0 Å². The van der Waals surface area contributed by atoms with E-state index in [4.69, 9.17) is 0 Å². The quantitative estimate of drug-likeness (QED) is 0.419. The molecular formula is C25H19N5O2. The Kier molecular flexibility index (Phi) is 5.13. The van der Waals surface area contributed by atoms with Gasteiger partial charge in [-0.3, -0.25) is 24.4 Å². The van der Waals surface area contributed by atoms with Crippen LogP contribution >= 0.6 is 0 Å². The molecule has 0 aliphatic carbocycles. The first-order valence-corrected chi connectivity index (χ1v) is 10.1. The van der Waals surface area contributed by atoms with Gasteiger partial charge in [-0.25, -0.2) is 0 Å². The Bertz CT molecular complexity index is 1400. The predicted octanol–water partition coefficient (Wildman–Crippen LogP) is 3.80. The summed E-state index contributed by atoms with van der Waals surface area (Å²) in [5, 5.41) is 15.0. The zero-order chi connectivity index (χ0) is 21.9. The minimum absolute atomic E-state index is 0.122. The van der Waals surface area contributed by atoms with Crippen LogP contribution in [0.15, 0.2) is 85.6 Å². The lowest BCUT2D eigenvalue weighted by Gasteiger charge is -2.11. The topological polar surface area (TPSA) is 93.8 Å². The smallest absolute Gasteiger partial charge is 0.198 e. The van der Waals surface area contributed by atoms with Crippen LogP contribution in [0.2, 0.25) is 0 Å². The number of aromatic nitrogens is 5. The lowest BCUT2D eigenvalue weighted by Crippen LogP contribution is -2.08. The minimum Gasteiger partial charge on any atom is -0.505 e. The number of fused-ring (bicyclic) bond motifs is 1. The van der Waals surface area contributed by atoms with Crippen LogP contribution in [0.4, 0.5) is 0 Å². The van der Waals surface area contributed by atoms with Crippen molar-refractivity contribution in [3.63, 3.8) is 0 Å². The molecule has 7 nitrogen and oxygen atoms in total. The van der Waals surface area contributed by atoms with Gasteiger partial charge in [0.1, 0.15) is 5.52 Å². The summed E-state index contributed by atoms with van der Waals surface area (Å²) in [4.78, 5) is 26.3. The van der Waals surface area contributed by atoms with E-state index in [9.17, 15) is 9.90 Å². The van der Waals surface area contributed by atoms with Gasteiger partial charge >= 0.3 is 0 Å². The van der Waals surface area contributed by atoms with Crippen molar-refractivity contribution >= 4 is 16.8 Å². The predicted molar refractivity (Wildman–Crippen MR) is 119 cm³/mol. The maximum Gasteiger partial charge on any atom is 0.198 e. The van der Waals surface area contributed by atoms with E-state index in [0.717, 1.165) is 16.8 Å². The summed E-state index contributed by atoms with van der Waals surface area (Å²) in [6.07, 6.45) is 8.89. The summed E-state index contributed by atoms with van der Waals surface area (Å²) in [6, 6.07) is 16.8. The van der Waals surface area contributed by atoms with Crippen molar-refractivity contribution in [1.29, 1.82) is 0 Å². The van der Waals surface area contributed by atoms with E-state index >= 15 is 0 Å². The second-order valence-corrected chi connectivity index (χ2v) is 7.46. The molecule has 0 fully saturated rings. The minimum atomic E-state index is -0.313. The Morgan fingerprint density at radius 2 is 1.78 bits per heavy atom. The summed E-state index contributed by atoms with van der Waals surface area (Å²) in [5.41, 5.74) is 4.20. The second kappa shape index (κ2) is 8.39. The molecule has 4 heterocycles. The van der Waals surface area contributed by atoms with E-state index in [1.165, 1.54) is 6.20 Å². The first kappa shape index (κ1) is 19.6. The number of nitrogens with zero attached hydrogens (tertiary/aromatic N) is 5. The molecule has 0 aliphatic heterocycles. The maximum absolute atomic E-state index is 13.4. The molecule has 0 radical (unpaired) electrons. The number of ketones is 1.